The number of carbonyl (C=O) groups is 3. The zero-order valence-electron chi connectivity index (χ0n) is 23.8. The monoisotopic (exact) mass is 579 g/mol. The van der Waals surface area contributed by atoms with Crippen LogP contribution in [0.2, 0.25) is 0 Å². The number of nitrogens with one attached hydrogen (secondary N) is 1. The molecule has 2 fully saturated rings. The molecule has 0 spiro atoms. The smallest absolute Gasteiger partial charge is 0.405 e. The number of rotatable bonds is 16. The van der Waals surface area contributed by atoms with Gasteiger partial charge in [-0.15, -0.1) is 0 Å². The molecule has 11 heteroatoms. The molecule has 4 atom stereocenters. The van der Waals surface area contributed by atoms with E-state index in [2.05, 4.69) is 5.32 Å². The van der Waals surface area contributed by atoms with E-state index < -0.39 is 38.4 Å². The summed E-state index contributed by atoms with van der Waals surface area (Å²) in [5.74, 6) is -1.81. The first-order valence-electron chi connectivity index (χ1n) is 14.6. The number of primary amides is 1. The van der Waals surface area contributed by atoms with E-state index in [9.17, 15) is 19.5 Å². The van der Waals surface area contributed by atoms with Crippen LogP contribution in [-0.2, 0) is 29.8 Å². The van der Waals surface area contributed by atoms with Gasteiger partial charge in [-0.3, -0.25) is 9.59 Å². The first-order chi connectivity index (χ1) is 19.3. The Morgan fingerprint density at radius 1 is 1.07 bits per heavy atom. The van der Waals surface area contributed by atoms with Crippen molar-refractivity contribution in [3.63, 3.8) is 0 Å². The molecule has 1 aromatic carbocycles. The summed E-state index contributed by atoms with van der Waals surface area (Å²) in [6, 6.07) is 9.19. The van der Waals surface area contributed by atoms with Gasteiger partial charge in [0.1, 0.15) is 5.85 Å². The van der Waals surface area contributed by atoms with Gasteiger partial charge in [0, 0.05) is 19.0 Å². The first-order valence-corrected chi connectivity index (χ1v) is 15.9. The fourth-order valence-corrected chi connectivity index (χ4v) is 7.04. The summed E-state index contributed by atoms with van der Waals surface area (Å²) in [4.78, 5) is 40.3. The molecule has 40 heavy (non-hydrogen) atoms. The highest BCUT2D eigenvalue weighted by molar-refractivity contribution is 7.47. The summed E-state index contributed by atoms with van der Waals surface area (Å²) >= 11 is 0. The van der Waals surface area contributed by atoms with E-state index in [1.54, 1.807) is 13.8 Å². The molecule has 0 aromatic heterocycles. The molecule has 2 aliphatic rings. The van der Waals surface area contributed by atoms with Crippen molar-refractivity contribution in [2.24, 2.45) is 17.6 Å². The third-order valence-electron chi connectivity index (χ3n) is 7.70. The number of aliphatic hydroxyl groups excluding tert-OH is 1. The molecule has 4 N–H and O–H groups in total. The Bertz CT molecular complexity index is 925. The highest BCUT2D eigenvalue weighted by Crippen LogP contribution is 2.45. The van der Waals surface area contributed by atoms with Crippen molar-refractivity contribution in [2.75, 3.05) is 26.3 Å². The standard InChI is InChI=1S/C29H46N3O7P/c1-3-37-40(38-4-2)28(35)24(31-26(33)25(39-29(30)36)19-22-13-9-6-10-14-22)20-23-16-18-32(27(23)34)17-15-21-11-7-5-8-12-21/h5,7-8,11-12,22-25,28,35H,3-4,6,9-10,13-20H2,1-2H3,(H2,30,36)(H,31,33)/t23?,24?,25-,28?/m0/s1. The molecule has 3 unspecified atom stereocenters. The predicted molar refractivity (Wildman–Crippen MR) is 153 cm³/mol. The zero-order valence-corrected chi connectivity index (χ0v) is 24.7. The number of amides is 3. The highest BCUT2D eigenvalue weighted by Gasteiger charge is 2.40. The Morgan fingerprint density at radius 2 is 1.75 bits per heavy atom. The van der Waals surface area contributed by atoms with Gasteiger partial charge in [-0.05, 0) is 51.0 Å². The Labute approximate surface area is 239 Å². The topological polar surface area (TPSA) is 140 Å². The van der Waals surface area contributed by atoms with Crippen LogP contribution in [0.5, 0.6) is 0 Å². The average Bonchev–Trinajstić information content (AvgIpc) is 3.30. The largest absolute Gasteiger partial charge is 0.436 e. The van der Waals surface area contributed by atoms with Crippen molar-refractivity contribution in [2.45, 2.75) is 89.6 Å². The maximum atomic E-state index is 13.5. The van der Waals surface area contributed by atoms with Crippen LogP contribution in [-0.4, -0.2) is 72.2 Å². The third kappa shape index (κ3) is 9.98. The van der Waals surface area contributed by atoms with Crippen LogP contribution in [0.15, 0.2) is 30.3 Å². The Balaban J connectivity index is 1.71. The minimum atomic E-state index is -1.74. The molecule has 0 bridgehead atoms. The van der Waals surface area contributed by atoms with Crippen LogP contribution in [0.25, 0.3) is 0 Å². The van der Waals surface area contributed by atoms with E-state index in [1.165, 1.54) is 0 Å². The summed E-state index contributed by atoms with van der Waals surface area (Å²) in [6.07, 6.45) is 5.14. The molecule has 3 amide bonds. The van der Waals surface area contributed by atoms with Gasteiger partial charge in [-0.25, -0.2) is 4.79 Å². The lowest BCUT2D eigenvalue weighted by Gasteiger charge is -2.32. The summed E-state index contributed by atoms with van der Waals surface area (Å²) in [5, 5.41) is 14.2. The van der Waals surface area contributed by atoms with E-state index in [0.29, 0.717) is 39.1 Å². The lowest BCUT2D eigenvalue weighted by atomic mass is 9.85. The molecule has 0 radical (unpaired) electrons. The number of aliphatic hydroxyl groups is 1. The van der Waals surface area contributed by atoms with E-state index in [0.717, 1.165) is 44.1 Å². The van der Waals surface area contributed by atoms with Gasteiger partial charge < -0.3 is 34.8 Å². The Kier molecular flexibility index (Phi) is 13.6. The van der Waals surface area contributed by atoms with Gasteiger partial charge >= 0.3 is 6.09 Å². The molecule has 224 valence electrons. The predicted octanol–water partition coefficient (Wildman–Crippen LogP) is 4.09. The summed E-state index contributed by atoms with van der Waals surface area (Å²) in [5.41, 5.74) is 6.48. The molecular weight excluding hydrogens is 533 g/mol. The van der Waals surface area contributed by atoms with Crippen LogP contribution in [0.1, 0.15) is 70.8 Å². The molecule has 10 nitrogen and oxygen atoms in total. The summed E-state index contributed by atoms with van der Waals surface area (Å²) in [7, 11) is -1.74. The van der Waals surface area contributed by atoms with E-state index in [-0.39, 0.29) is 24.2 Å². The number of nitrogens with zero attached hydrogens (tertiary/aromatic N) is 1. The number of ether oxygens (including phenoxy) is 1. The van der Waals surface area contributed by atoms with Crippen LogP contribution < -0.4 is 11.1 Å². The number of hydrogen-bond acceptors (Lipinski definition) is 7. The van der Waals surface area contributed by atoms with E-state index >= 15 is 0 Å². The molecule has 1 saturated heterocycles. The third-order valence-corrected chi connectivity index (χ3v) is 9.52. The van der Waals surface area contributed by atoms with Crippen LogP contribution >= 0.6 is 8.38 Å². The molecule has 1 aliphatic heterocycles. The van der Waals surface area contributed by atoms with Gasteiger partial charge in [0.05, 0.1) is 19.3 Å². The van der Waals surface area contributed by atoms with Crippen molar-refractivity contribution in [1.29, 1.82) is 0 Å². The van der Waals surface area contributed by atoms with Crippen molar-refractivity contribution >= 4 is 26.3 Å². The van der Waals surface area contributed by atoms with Crippen LogP contribution in [0, 0.1) is 11.8 Å². The second-order valence-electron chi connectivity index (χ2n) is 10.6. The minimum Gasteiger partial charge on any atom is -0.436 e. The van der Waals surface area contributed by atoms with Gasteiger partial charge in [0.2, 0.25) is 14.3 Å². The SMILES string of the molecule is CCOP(OCC)C(O)C(CC1CCN(CCc2ccccc2)C1=O)NC(=O)[C@H](CC1CCCCC1)OC(N)=O. The van der Waals surface area contributed by atoms with Crippen molar-refractivity contribution < 1.29 is 33.3 Å². The fourth-order valence-electron chi connectivity index (χ4n) is 5.66. The van der Waals surface area contributed by atoms with Crippen LogP contribution in [0.4, 0.5) is 4.79 Å². The van der Waals surface area contributed by atoms with Crippen molar-refractivity contribution in [1.82, 2.24) is 10.2 Å². The molecule has 3 rings (SSSR count). The second kappa shape index (κ2) is 16.9. The van der Waals surface area contributed by atoms with Gasteiger partial charge in [-0.1, -0.05) is 62.4 Å². The van der Waals surface area contributed by atoms with Gasteiger partial charge in [-0.2, -0.15) is 0 Å². The number of likely N-dealkylation sites (tertiary alicyclic amines) is 1. The Hall–Kier alpha value is -2.26. The number of benzene rings is 1. The van der Waals surface area contributed by atoms with E-state index in [4.69, 9.17) is 19.5 Å². The Morgan fingerprint density at radius 3 is 2.38 bits per heavy atom. The summed E-state index contributed by atoms with van der Waals surface area (Å²) < 4.78 is 16.6. The lowest BCUT2D eigenvalue weighted by molar-refractivity contribution is -0.134. The normalized spacial score (nSPS) is 20.4. The minimum absolute atomic E-state index is 0.00618. The van der Waals surface area contributed by atoms with Gasteiger partial charge in [0.15, 0.2) is 6.10 Å². The lowest BCUT2D eigenvalue weighted by Crippen LogP contribution is -2.50. The summed E-state index contributed by atoms with van der Waals surface area (Å²) in [6.45, 7) is 5.50. The highest BCUT2D eigenvalue weighted by atomic mass is 31.2. The molecule has 1 heterocycles. The number of nitrogens with two attached hydrogens (primary N) is 1. The molecule has 1 aliphatic carbocycles. The van der Waals surface area contributed by atoms with Gasteiger partial charge in [0.25, 0.3) is 5.91 Å². The molecule has 1 aromatic rings. The first kappa shape index (κ1) is 32.3. The fraction of sp³-hybridized carbons (Fsp3) is 0.690. The molecule has 1 saturated carbocycles. The number of hydrogen-bond donors (Lipinski definition) is 3. The average molecular weight is 580 g/mol. The van der Waals surface area contributed by atoms with Crippen molar-refractivity contribution in [3.05, 3.63) is 35.9 Å². The van der Waals surface area contributed by atoms with Crippen LogP contribution in [0.3, 0.4) is 0 Å². The zero-order chi connectivity index (χ0) is 28.9. The maximum absolute atomic E-state index is 13.5. The molecular formula is C29H46N3O7P. The van der Waals surface area contributed by atoms with Crippen molar-refractivity contribution in [3.8, 4) is 0 Å². The quantitative estimate of drug-likeness (QED) is 0.251. The second-order valence-corrected chi connectivity index (χ2v) is 12.2. The number of carbonyl (C=O) groups excluding carboxylic acids is 3. The maximum Gasteiger partial charge on any atom is 0.405 e. The van der Waals surface area contributed by atoms with E-state index in [1.807, 2.05) is 35.2 Å².